The number of sulfonamides is 1. The molecule has 0 saturated carbocycles. The number of benzene rings is 1. The van der Waals surface area contributed by atoms with Gasteiger partial charge in [0.25, 0.3) is 0 Å². The summed E-state index contributed by atoms with van der Waals surface area (Å²) in [6.07, 6.45) is 5.28. The highest BCUT2D eigenvalue weighted by Gasteiger charge is 2.56. The van der Waals surface area contributed by atoms with Crippen molar-refractivity contribution in [2.75, 3.05) is 0 Å². The molecule has 1 N–H and O–H groups in total. The minimum Gasteiger partial charge on any atom is -0.481 e. The van der Waals surface area contributed by atoms with Crippen molar-refractivity contribution in [2.45, 2.75) is 63.3 Å². The highest BCUT2D eigenvalue weighted by atomic mass is 35.5. The quantitative estimate of drug-likeness (QED) is 0.613. The second-order valence-corrected chi connectivity index (χ2v) is 11.9. The van der Waals surface area contributed by atoms with E-state index in [9.17, 15) is 18.3 Å². The minimum absolute atomic E-state index is 0.199. The minimum atomic E-state index is -3.91. The second kappa shape index (κ2) is 8.65. The van der Waals surface area contributed by atoms with Crippen LogP contribution in [-0.2, 0) is 14.8 Å². The van der Waals surface area contributed by atoms with Gasteiger partial charge in [-0.2, -0.15) is 4.31 Å². The van der Waals surface area contributed by atoms with Crippen LogP contribution in [0.15, 0.2) is 47.0 Å². The number of aliphatic carboxylic acids is 1. The molecule has 0 spiro atoms. The van der Waals surface area contributed by atoms with Crippen LogP contribution < -0.4 is 0 Å². The van der Waals surface area contributed by atoms with Gasteiger partial charge in [-0.25, -0.2) is 8.42 Å². The van der Waals surface area contributed by atoms with Crippen LogP contribution in [0.25, 0.3) is 0 Å². The van der Waals surface area contributed by atoms with Crippen LogP contribution in [0.3, 0.4) is 0 Å². The summed E-state index contributed by atoms with van der Waals surface area (Å²) in [4.78, 5) is 11.6. The van der Waals surface area contributed by atoms with Crippen LogP contribution in [-0.4, -0.2) is 34.6 Å². The predicted octanol–water partition coefficient (Wildman–Crippen LogP) is 5.52. The first-order valence-electron chi connectivity index (χ1n) is 10.0. The number of carbonyl (C=O) groups is 1. The molecular formula is C22H27Cl2NO4S. The highest BCUT2D eigenvalue weighted by molar-refractivity contribution is 7.90. The lowest BCUT2D eigenvalue weighted by Gasteiger charge is -2.50. The first-order valence-corrected chi connectivity index (χ1v) is 12.2. The molecule has 5 nitrogen and oxygen atoms in total. The van der Waals surface area contributed by atoms with Crippen molar-refractivity contribution in [3.8, 4) is 0 Å². The van der Waals surface area contributed by atoms with Gasteiger partial charge in [-0.1, -0.05) is 41.4 Å². The molecule has 0 unspecified atom stereocenters. The fraction of sp³-hybridized carbons (Fsp3) is 0.500. The van der Waals surface area contributed by atoms with E-state index in [2.05, 4.69) is 6.08 Å². The summed E-state index contributed by atoms with van der Waals surface area (Å²) in [7, 11) is -3.91. The molecule has 3 rings (SSSR count). The van der Waals surface area contributed by atoms with E-state index < -0.39 is 33.2 Å². The molecule has 1 aliphatic heterocycles. The summed E-state index contributed by atoms with van der Waals surface area (Å²) in [5.74, 6) is -1.35. The molecule has 8 heteroatoms. The third-order valence-corrected chi connectivity index (χ3v) is 9.28. The fourth-order valence-electron chi connectivity index (χ4n) is 4.63. The van der Waals surface area contributed by atoms with Crippen molar-refractivity contribution in [3.05, 3.63) is 57.6 Å². The van der Waals surface area contributed by atoms with Crippen molar-refractivity contribution in [1.29, 1.82) is 0 Å². The van der Waals surface area contributed by atoms with Gasteiger partial charge in [-0.3, -0.25) is 4.79 Å². The highest BCUT2D eigenvalue weighted by Crippen LogP contribution is 2.51. The molecule has 1 aromatic carbocycles. The van der Waals surface area contributed by atoms with Gasteiger partial charge in [-0.05, 0) is 69.4 Å². The van der Waals surface area contributed by atoms with E-state index in [4.69, 9.17) is 23.2 Å². The third-order valence-electron chi connectivity index (χ3n) is 5.97. The first kappa shape index (κ1) is 23.3. The molecule has 2 aliphatic rings. The molecule has 1 aliphatic carbocycles. The maximum Gasteiger partial charge on any atom is 0.304 e. The Balaban J connectivity index is 2.22. The monoisotopic (exact) mass is 471 g/mol. The first-order chi connectivity index (χ1) is 14.0. The number of halogens is 2. The molecule has 1 fully saturated rings. The normalized spacial score (nSPS) is 29.4. The van der Waals surface area contributed by atoms with E-state index in [1.54, 1.807) is 19.1 Å². The molecule has 0 amide bonds. The van der Waals surface area contributed by atoms with E-state index in [0.29, 0.717) is 5.02 Å². The van der Waals surface area contributed by atoms with Crippen LogP contribution in [0.5, 0.6) is 0 Å². The van der Waals surface area contributed by atoms with Crippen LogP contribution in [0.2, 0.25) is 5.02 Å². The van der Waals surface area contributed by atoms with Crippen molar-refractivity contribution in [1.82, 2.24) is 4.31 Å². The molecule has 0 radical (unpaired) electrons. The van der Waals surface area contributed by atoms with Crippen molar-refractivity contribution in [3.63, 3.8) is 0 Å². The lowest BCUT2D eigenvalue weighted by Crippen LogP contribution is -2.58. The Morgan fingerprint density at radius 3 is 2.43 bits per heavy atom. The molecule has 3 atom stereocenters. The summed E-state index contributed by atoms with van der Waals surface area (Å²) < 4.78 is 27.5. The summed E-state index contributed by atoms with van der Waals surface area (Å²) >= 11 is 12.4. The molecule has 164 valence electrons. The van der Waals surface area contributed by atoms with E-state index >= 15 is 0 Å². The molecule has 1 heterocycles. The zero-order chi connectivity index (χ0) is 22.3. The SMILES string of the molecule is CC(C)N1[C@H](c2ccc(Cl)cc2)[C@@H](C2=CCCC(Cl)=C2)C[C@@](C)(CC(=O)O)S1(=O)=O. The fourth-order valence-corrected chi connectivity index (χ4v) is 7.32. The van der Waals surface area contributed by atoms with Crippen LogP contribution in [0.4, 0.5) is 0 Å². The van der Waals surface area contributed by atoms with Crippen LogP contribution >= 0.6 is 23.2 Å². The van der Waals surface area contributed by atoms with Crippen molar-refractivity contribution in [2.24, 2.45) is 5.92 Å². The standard InChI is InChI=1S/C22H27Cl2NO4S/c1-14(2)25-21(15-7-9-17(23)10-8-15)19(16-5-4-6-18(24)11-16)12-22(3,13-20(26)27)30(25,28)29/h5,7-11,14,19,21H,4,6,12-13H2,1-3H3,(H,26,27)/t19-,21-,22+/m1/s1. The lowest BCUT2D eigenvalue weighted by atomic mass is 9.77. The Morgan fingerprint density at radius 2 is 1.90 bits per heavy atom. The molecule has 0 aromatic heterocycles. The van der Waals surface area contributed by atoms with Crippen molar-refractivity contribution >= 4 is 39.2 Å². The smallest absolute Gasteiger partial charge is 0.304 e. The van der Waals surface area contributed by atoms with E-state index in [-0.39, 0.29) is 18.4 Å². The average molecular weight is 472 g/mol. The van der Waals surface area contributed by atoms with Gasteiger partial charge in [0.2, 0.25) is 10.0 Å². The number of hydrogen-bond donors (Lipinski definition) is 1. The van der Waals surface area contributed by atoms with Crippen molar-refractivity contribution < 1.29 is 18.3 Å². The number of hydrogen-bond acceptors (Lipinski definition) is 3. The number of rotatable bonds is 5. The predicted molar refractivity (Wildman–Crippen MR) is 120 cm³/mol. The Morgan fingerprint density at radius 1 is 1.27 bits per heavy atom. The van der Waals surface area contributed by atoms with Crippen LogP contribution in [0, 0.1) is 5.92 Å². The van der Waals surface area contributed by atoms with Gasteiger partial charge in [-0.15, -0.1) is 0 Å². The van der Waals surface area contributed by atoms with E-state index in [0.717, 1.165) is 29.0 Å². The van der Waals surface area contributed by atoms with Gasteiger partial charge in [0.05, 0.1) is 17.2 Å². The Kier molecular flexibility index (Phi) is 6.73. The van der Waals surface area contributed by atoms with Gasteiger partial charge in [0.1, 0.15) is 0 Å². The number of carboxylic acids is 1. The molecule has 1 aromatic rings. The zero-order valence-electron chi connectivity index (χ0n) is 17.3. The summed E-state index contributed by atoms with van der Waals surface area (Å²) in [5.41, 5.74) is 1.79. The van der Waals surface area contributed by atoms with E-state index in [1.165, 1.54) is 4.31 Å². The summed E-state index contributed by atoms with van der Waals surface area (Å²) in [6, 6.07) is 6.37. The Labute approximate surface area is 188 Å². The topological polar surface area (TPSA) is 74.7 Å². The van der Waals surface area contributed by atoms with Gasteiger partial charge >= 0.3 is 5.97 Å². The average Bonchev–Trinajstić information content (AvgIpc) is 2.63. The summed E-state index contributed by atoms with van der Waals surface area (Å²) in [5, 5.41) is 10.8. The molecule has 0 bridgehead atoms. The number of allylic oxidation sites excluding steroid dienone is 3. The number of nitrogens with zero attached hydrogens (tertiary/aromatic N) is 1. The molecular weight excluding hydrogens is 445 g/mol. The Bertz CT molecular complexity index is 985. The lowest BCUT2D eigenvalue weighted by molar-refractivity contribution is -0.137. The molecule has 30 heavy (non-hydrogen) atoms. The van der Waals surface area contributed by atoms with Crippen LogP contribution in [0.1, 0.15) is 58.1 Å². The van der Waals surface area contributed by atoms with E-state index in [1.807, 2.05) is 32.1 Å². The maximum absolute atomic E-state index is 13.7. The molecule has 1 saturated heterocycles. The largest absolute Gasteiger partial charge is 0.481 e. The summed E-state index contributed by atoms with van der Waals surface area (Å²) in [6.45, 7) is 5.19. The van der Waals surface area contributed by atoms with Gasteiger partial charge < -0.3 is 5.11 Å². The van der Waals surface area contributed by atoms with Gasteiger partial charge in [0.15, 0.2) is 0 Å². The van der Waals surface area contributed by atoms with Gasteiger partial charge in [0, 0.05) is 22.0 Å². The number of carboxylic acid groups (broad SMARTS) is 1. The Hall–Kier alpha value is -1.34. The maximum atomic E-state index is 13.7. The third kappa shape index (κ3) is 4.33. The second-order valence-electron chi connectivity index (χ2n) is 8.59. The zero-order valence-corrected chi connectivity index (χ0v) is 19.6.